The van der Waals surface area contributed by atoms with Gasteiger partial charge in [-0.2, -0.15) is 0 Å². The Bertz CT molecular complexity index is 204. The number of carbonyl (C=O) groups excluding carboxylic acids is 2. The van der Waals surface area contributed by atoms with Gasteiger partial charge >= 0.3 is 0 Å². The van der Waals surface area contributed by atoms with Gasteiger partial charge in [-0.25, -0.2) is 0 Å². The molecule has 1 unspecified atom stereocenters. The van der Waals surface area contributed by atoms with Crippen molar-refractivity contribution < 1.29 is 9.59 Å². The minimum Gasteiger partial charge on any atom is -0.345 e. The number of hydrogen-bond donors (Lipinski definition) is 1. The SMILES string of the molecule is CCCCC(=O)NC(C(=O)Cl)C(C)C. The van der Waals surface area contributed by atoms with E-state index in [0.29, 0.717) is 6.42 Å². The standard InChI is InChI=1S/C10H18ClNO2/c1-4-5-6-8(13)12-9(7(2)3)10(11)14/h7,9H,4-6H2,1-3H3,(H,12,13). The largest absolute Gasteiger partial charge is 0.345 e. The van der Waals surface area contributed by atoms with Crippen LogP contribution in [0.2, 0.25) is 0 Å². The monoisotopic (exact) mass is 219 g/mol. The summed E-state index contributed by atoms with van der Waals surface area (Å²) >= 11 is 5.36. The van der Waals surface area contributed by atoms with Gasteiger partial charge < -0.3 is 5.32 Å². The topological polar surface area (TPSA) is 46.2 Å². The molecule has 0 aliphatic heterocycles. The van der Waals surface area contributed by atoms with Gasteiger partial charge in [-0.05, 0) is 23.9 Å². The van der Waals surface area contributed by atoms with E-state index in [-0.39, 0.29) is 11.8 Å². The average molecular weight is 220 g/mol. The van der Waals surface area contributed by atoms with E-state index in [9.17, 15) is 9.59 Å². The molecule has 0 aromatic heterocycles. The predicted molar refractivity (Wildman–Crippen MR) is 57.2 cm³/mol. The Labute approximate surface area is 90.2 Å². The highest BCUT2D eigenvalue weighted by Gasteiger charge is 2.21. The Hall–Kier alpha value is -0.570. The van der Waals surface area contributed by atoms with Gasteiger partial charge in [0.15, 0.2) is 0 Å². The normalized spacial score (nSPS) is 12.6. The van der Waals surface area contributed by atoms with Crippen LogP contribution in [-0.2, 0) is 9.59 Å². The Balaban J connectivity index is 4.04. The van der Waals surface area contributed by atoms with E-state index < -0.39 is 11.3 Å². The molecule has 0 saturated carbocycles. The van der Waals surface area contributed by atoms with Gasteiger partial charge in [0.1, 0.15) is 6.04 Å². The molecule has 82 valence electrons. The van der Waals surface area contributed by atoms with Gasteiger partial charge in [-0.3, -0.25) is 9.59 Å². The first kappa shape index (κ1) is 13.4. The highest BCUT2D eigenvalue weighted by molar-refractivity contribution is 6.64. The minimum atomic E-state index is -0.555. The van der Waals surface area contributed by atoms with Crippen LogP contribution in [0.1, 0.15) is 40.0 Å². The number of rotatable bonds is 6. The highest BCUT2D eigenvalue weighted by atomic mass is 35.5. The molecule has 1 atom stereocenters. The van der Waals surface area contributed by atoms with Crippen LogP contribution in [0.4, 0.5) is 0 Å². The number of halogens is 1. The van der Waals surface area contributed by atoms with Crippen LogP contribution in [0.3, 0.4) is 0 Å². The van der Waals surface area contributed by atoms with Crippen LogP contribution < -0.4 is 5.32 Å². The van der Waals surface area contributed by atoms with Crippen molar-refractivity contribution >= 4 is 22.8 Å². The third kappa shape index (κ3) is 5.22. The molecular weight excluding hydrogens is 202 g/mol. The molecule has 0 heterocycles. The maximum atomic E-state index is 11.3. The van der Waals surface area contributed by atoms with E-state index in [1.54, 1.807) is 0 Å². The van der Waals surface area contributed by atoms with Crippen LogP contribution in [0, 0.1) is 5.92 Å². The first-order chi connectivity index (χ1) is 6.49. The van der Waals surface area contributed by atoms with E-state index >= 15 is 0 Å². The van der Waals surface area contributed by atoms with Crippen molar-refractivity contribution in [1.82, 2.24) is 5.32 Å². The summed E-state index contributed by atoms with van der Waals surface area (Å²) in [5.74, 6) is -0.0647. The lowest BCUT2D eigenvalue weighted by Gasteiger charge is -2.17. The zero-order valence-electron chi connectivity index (χ0n) is 8.97. The Morgan fingerprint density at radius 1 is 1.36 bits per heavy atom. The lowest BCUT2D eigenvalue weighted by Crippen LogP contribution is -2.42. The fraction of sp³-hybridized carbons (Fsp3) is 0.800. The fourth-order valence-corrected chi connectivity index (χ4v) is 1.37. The lowest BCUT2D eigenvalue weighted by molar-refractivity contribution is -0.125. The summed E-state index contributed by atoms with van der Waals surface area (Å²) in [6, 6.07) is -0.555. The summed E-state index contributed by atoms with van der Waals surface area (Å²) in [5.41, 5.74) is 0. The molecule has 0 saturated heterocycles. The number of nitrogens with one attached hydrogen (secondary N) is 1. The van der Waals surface area contributed by atoms with Gasteiger partial charge in [0.05, 0.1) is 0 Å². The molecule has 0 aliphatic rings. The first-order valence-electron chi connectivity index (χ1n) is 4.97. The Morgan fingerprint density at radius 3 is 2.29 bits per heavy atom. The molecule has 14 heavy (non-hydrogen) atoms. The molecule has 1 amide bonds. The fourth-order valence-electron chi connectivity index (χ4n) is 1.07. The molecule has 0 fully saturated rings. The number of carbonyl (C=O) groups is 2. The Morgan fingerprint density at radius 2 is 1.93 bits per heavy atom. The number of unbranched alkanes of at least 4 members (excludes halogenated alkanes) is 1. The second-order valence-electron chi connectivity index (χ2n) is 3.70. The zero-order chi connectivity index (χ0) is 11.1. The third-order valence-corrected chi connectivity index (χ3v) is 2.22. The molecule has 0 aliphatic carbocycles. The van der Waals surface area contributed by atoms with Crippen LogP contribution >= 0.6 is 11.6 Å². The smallest absolute Gasteiger partial charge is 0.244 e. The second-order valence-corrected chi connectivity index (χ2v) is 4.07. The van der Waals surface area contributed by atoms with E-state index in [1.807, 2.05) is 20.8 Å². The Kier molecular flexibility index (Phi) is 6.54. The molecular formula is C10H18ClNO2. The highest BCUT2D eigenvalue weighted by Crippen LogP contribution is 2.06. The minimum absolute atomic E-state index is 0.0329. The van der Waals surface area contributed by atoms with Crippen LogP contribution in [0.5, 0.6) is 0 Å². The van der Waals surface area contributed by atoms with Crippen molar-refractivity contribution in [3.63, 3.8) is 0 Å². The van der Waals surface area contributed by atoms with Crippen molar-refractivity contribution in [3.8, 4) is 0 Å². The number of amides is 1. The summed E-state index contributed by atoms with van der Waals surface area (Å²) in [6.07, 6.45) is 2.27. The van der Waals surface area contributed by atoms with Gasteiger partial charge in [-0.1, -0.05) is 27.2 Å². The lowest BCUT2D eigenvalue weighted by atomic mass is 10.1. The van der Waals surface area contributed by atoms with Crippen molar-refractivity contribution in [2.24, 2.45) is 5.92 Å². The molecule has 0 aromatic rings. The zero-order valence-corrected chi connectivity index (χ0v) is 9.73. The maximum absolute atomic E-state index is 11.3. The summed E-state index contributed by atoms with van der Waals surface area (Å²) in [4.78, 5) is 22.2. The first-order valence-corrected chi connectivity index (χ1v) is 5.35. The van der Waals surface area contributed by atoms with Crippen LogP contribution in [0.25, 0.3) is 0 Å². The van der Waals surface area contributed by atoms with E-state index in [0.717, 1.165) is 12.8 Å². The molecule has 0 spiro atoms. The summed E-state index contributed by atoms with van der Waals surface area (Å²) < 4.78 is 0. The van der Waals surface area contributed by atoms with Crippen LogP contribution in [-0.4, -0.2) is 17.2 Å². The average Bonchev–Trinajstić information content (AvgIpc) is 2.09. The van der Waals surface area contributed by atoms with Gasteiger partial charge in [0.25, 0.3) is 0 Å². The molecule has 4 heteroatoms. The maximum Gasteiger partial charge on any atom is 0.244 e. The molecule has 0 bridgehead atoms. The van der Waals surface area contributed by atoms with Crippen molar-refractivity contribution in [2.75, 3.05) is 0 Å². The molecule has 0 aromatic carbocycles. The van der Waals surface area contributed by atoms with Gasteiger partial charge in [0, 0.05) is 6.42 Å². The van der Waals surface area contributed by atoms with E-state index in [4.69, 9.17) is 11.6 Å². The molecule has 3 nitrogen and oxygen atoms in total. The van der Waals surface area contributed by atoms with E-state index in [2.05, 4.69) is 5.32 Å². The van der Waals surface area contributed by atoms with Gasteiger partial charge in [0.2, 0.25) is 11.1 Å². The van der Waals surface area contributed by atoms with Crippen molar-refractivity contribution in [2.45, 2.75) is 46.1 Å². The van der Waals surface area contributed by atoms with Gasteiger partial charge in [-0.15, -0.1) is 0 Å². The second kappa shape index (κ2) is 6.82. The molecule has 1 N–H and O–H groups in total. The molecule has 0 radical (unpaired) electrons. The van der Waals surface area contributed by atoms with E-state index in [1.165, 1.54) is 0 Å². The molecule has 0 rings (SSSR count). The summed E-state index contributed by atoms with van der Waals surface area (Å²) in [6.45, 7) is 5.72. The predicted octanol–water partition coefficient (Wildman–Crippen LogP) is 2.08. The summed E-state index contributed by atoms with van der Waals surface area (Å²) in [7, 11) is 0. The quantitative estimate of drug-likeness (QED) is 0.696. The van der Waals surface area contributed by atoms with Crippen molar-refractivity contribution in [3.05, 3.63) is 0 Å². The number of hydrogen-bond acceptors (Lipinski definition) is 2. The summed E-state index contributed by atoms with van der Waals surface area (Å²) in [5, 5.41) is 2.13. The van der Waals surface area contributed by atoms with Crippen LogP contribution in [0.15, 0.2) is 0 Å². The van der Waals surface area contributed by atoms with Crippen molar-refractivity contribution in [1.29, 1.82) is 0 Å². The third-order valence-electron chi connectivity index (χ3n) is 1.99.